The number of benzene rings is 2. The average molecular weight is 336 g/mol. The number of hydrogen-bond acceptors (Lipinski definition) is 3. The van der Waals surface area contributed by atoms with Gasteiger partial charge in [0.15, 0.2) is 0 Å². The molecule has 94 valence electrons. The summed E-state index contributed by atoms with van der Waals surface area (Å²) in [6.45, 7) is 0. The van der Waals surface area contributed by atoms with Gasteiger partial charge in [-0.25, -0.2) is 0 Å². The molecule has 1 aromatic heterocycles. The fourth-order valence-corrected chi connectivity index (χ4v) is 2.04. The quantitative estimate of drug-likeness (QED) is 0.674. The molecule has 2 aromatic carbocycles. The molecule has 0 radical (unpaired) electrons. The van der Waals surface area contributed by atoms with Crippen LogP contribution in [0.1, 0.15) is 0 Å². The van der Waals surface area contributed by atoms with Crippen molar-refractivity contribution in [1.82, 2.24) is 10.1 Å². The van der Waals surface area contributed by atoms with Crippen LogP contribution in [0.4, 0.5) is 0 Å². The van der Waals surface area contributed by atoms with Gasteiger partial charge in [0.25, 0.3) is 5.89 Å². The van der Waals surface area contributed by atoms with E-state index >= 15 is 0 Å². The second-order valence-electron chi connectivity index (χ2n) is 3.94. The van der Waals surface area contributed by atoms with E-state index in [0.717, 1.165) is 15.6 Å². The topological polar surface area (TPSA) is 38.9 Å². The lowest BCUT2D eigenvalue weighted by Gasteiger charge is -1.94. The lowest BCUT2D eigenvalue weighted by atomic mass is 10.2. The van der Waals surface area contributed by atoms with Crippen molar-refractivity contribution in [3.05, 3.63) is 58.0 Å². The minimum Gasteiger partial charge on any atom is -0.334 e. The Balaban J connectivity index is 1.95. The Bertz CT molecular complexity index is 632. The van der Waals surface area contributed by atoms with Gasteiger partial charge in [-0.15, -0.1) is 0 Å². The van der Waals surface area contributed by atoms with Crippen LogP contribution in [0, 0.1) is 0 Å². The monoisotopic (exact) mass is 334 g/mol. The van der Waals surface area contributed by atoms with E-state index in [1.807, 2.05) is 36.4 Å². The first-order valence-electron chi connectivity index (χ1n) is 5.58. The fourth-order valence-electron chi connectivity index (χ4n) is 1.65. The molecule has 0 bridgehead atoms. The summed E-state index contributed by atoms with van der Waals surface area (Å²) in [4.78, 5) is 4.37. The third kappa shape index (κ3) is 2.69. The van der Waals surface area contributed by atoms with Crippen molar-refractivity contribution in [2.24, 2.45) is 0 Å². The van der Waals surface area contributed by atoms with E-state index in [1.165, 1.54) is 0 Å². The maximum atomic E-state index is 5.84. The Morgan fingerprint density at radius 1 is 0.895 bits per heavy atom. The molecule has 19 heavy (non-hydrogen) atoms. The Morgan fingerprint density at radius 3 is 2.21 bits per heavy atom. The molecule has 0 saturated heterocycles. The summed E-state index contributed by atoms with van der Waals surface area (Å²) in [6, 6.07) is 15.0. The Labute approximate surface area is 123 Å². The standard InChI is InChI=1S/C14H8BrClN2O/c15-11-5-1-9(2-6-11)13-17-14(19-18-13)10-3-7-12(16)8-4-10/h1-8H. The second-order valence-corrected chi connectivity index (χ2v) is 5.29. The molecule has 0 saturated carbocycles. The van der Waals surface area contributed by atoms with Gasteiger partial charge >= 0.3 is 0 Å². The summed E-state index contributed by atoms with van der Waals surface area (Å²) < 4.78 is 6.27. The predicted octanol–water partition coefficient (Wildman–Crippen LogP) is 4.82. The summed E-state index contributed by atoms with van der Waals surface area (Å²) >= 11 is 9.23. The average Bonchev–Trinajstić information content (AvgIpc) is 2.90. The smallest absolute Gasteiger partial charge is 0.258 e. The highest BCUT2D eigenvalue weighted by Crippen LogP contribution is 2.24. The summed E-state index contributed by atoms with van der Waals surface area (Å²) in [5, 5.41) is 4.66. The highest BCUT2D eigenvalue weighted by atomic mass is 79.9. The van der Waals surface area contributed by atoms with E-state index in [9.17, 15) is 0 Å². The molecule has 0 aliphatic carbocycles. The molecule has 0 unspecified atom stereocenters. The van der Waals surface area contributed by atoms with E-state index in [1.54, 1.807) is 12.1 Å². The zero-order chi connectivity index (χ0) is 13.2. The van der Waals surface area contributed by atoms with Gasteiger partial charge in [-0.1, -0.05) is 32.7 Å². The maximum Gasteiger partial charge on any atom is 0.258 e. The predicted molar refractivity (Wildman–Crippen MR) is 77.9 cm³/mol. The van der Waals surface area contributed by atoms with Crippen LogP contribution in [-0.4, -0.2) is 10.1 Å². The van der Waals surface area contributed by atoms with Crippen LogP contribution in [0.2, 0.25) is 5.02 Å². The zero-order valence-corrected chi connectivity index (χ0v) is 12.0. The maximum absolute atomic E-state index is 5.84. The van der Waals surface area contributed by atoms with Gasteiger partial charge < -0.3 is 4.52 Å². The fraction of sp³-hybridized carbons (Fsp3) is 0. The molecule has 3 rings (SSSR count). The van der Waals surface area contributed by atoms with Crippen molar-refractivity contribution < 1.29 is 4.52 Å². The first-order chi connectivity index (χ1) is 9.22. The van der Waals surface area contributed by atoms with Gasteiger partial charge in [0.05, 0.1) is 0 Å². The van der Waals surface area contributed by atoms with Crippen LogP contribution in [-0.2, 0) is 0 Å². The van der Waals surface area contributed by atoms with E-state index in [4.69, 9.17) is 16.1 Å². The minimum atomic E-state index is 0.481. The Morgan fingerprint density at radius 2 is 1.53 bits per heavy atom. The van der Waals surface area contributed by atoms with Crippen molar-refractivity contribution in [3.8, 4) is 22.8 Å². The summed E-state index contributed by atoms with van der Waals surface area (Å²) in [6.07, 6.45) is 0. The summed E-state index contributed by atoms with van der Waals surface area (Å²) in [5.74, 6) is 1.05. The van der Waals surface area contributed by atoms with E-state index in [2.05, 4.69) is 26.1 Å². The molecule has 0 fully saturated rings. The van der Waals surface area contributed by atoms with Crippen molar-refractivity contribution in [2.75, 3.05) is 0 Å². The third-order valence-corrected chi connectivity index (χ3v) is 3.40. The summed E-state index contributed by atoms with van der Waals surface area (Å²) in [7, 11) is 0. The molecule has 0 N–H and O–H groups in total. The van der Waals surface area contributed by atoms with Gasteiger partial charge in [-0.3, -0.25) is 0 Å². The molecule has 1 heterocycles. The number of aromatic nitrogens is 2. The highest BCUT2D eigenvalue weighted by Gasteiger charge is 2.10. The van der Waals surface area contributed by atoms with Crippen molar-refractivity contribution in [1.29, 1.82) is 0 Å². The van der Waals surface area contributed by atoms with E-state index < -0.39 is 0 Å². The van der Waals surface area contributed by atoms with Crippen LogP contribution in [0.5, 0.6) is 0 Å². The van der Waals surface area contributed by atoms with Crippen LogP contribution in [0.3, 0.4) is 0 Å². The van der Waals surface area contributed by atoms with Crippen molar-refractivity contribution >= 4 is 27.5 Å². The van der Waals surface area contributed by atoms with Crippen LogP contribution in [0.15, 0.2) is 57.5 Å². The molecular formula is C14H8BrClN2O. The largest absolute Gasteiger partial charge is 0.334 e. The summed E-state index contributed by atoms with van der Waals surface area (Å²) in [5.41, 5.74) is 1.76. The molecule has 0 spiro atoms. The molecule has 5 heteroatoms. The minimum absolute atomic E-state index is 0.481. The van der Waals surface area contributed by atoms with Gasteiger partial charge in [-0.05, 0) is 48.5 Å². The van der Waals surface area contributed by atoms with Crippen molar-refractivity contribution in [2.45, 2.75) is 0 Å². The van der Waals surface area contributed by atoms with Gasteiger partial charge in [0, 0.05) is 20.6 Å². The first-order valence-corrected chi connectivity index (χ1v) is 6.75. The molecule has 0 aliphatic rings. The van der Waals surface area contributed by atoms with Crippen LogP contribution in [0.25, 0.3) is 22.8 Å². The second kappa shape index (κ2) is 5.15. The lowest BCUT2D eigenvalue weighted by molar-refractivity contribution is 0.432. The highest BCUT2D eigenvalue weighted by molar-refractivity contribution is 9.10. The van der Waals surface area contributed by atoms with Crippen LogP contribution >= 0.6 is 27.5 Å². The van der Waals surface area contributed by atoms with E-state index in [0.29, 0.717) is 16.7 Å². The zero-order valence-electron chi connectivity index (χ0n) is 9.68. The number of halogens is 2. The normalized spacial score (nSPS) is 10.6. The van der Waals surface area contributed by atoms with Gasteiger partial charge in [0.1, 0.15) is 0 Å². The molecule has 0 amide bonds. The first kappa shape index (κ1) is 12.4. The van der Waals surface area contributed by atoms with Crippen molar-refractivity contribution in [3.63, 3.8) is 0 Å². The third-order valence-electron chi connectivity index (χ3n) is 2.62. The van der Waals surface area contributed by atoms with Crippen LogP contribution < -0.4 is 0 Å². The number of rotatable bonds is 2. The van der Waals surface area contributed by atoms with Gasteiger partial charge in [0.2, 0.25) is 5.82 Å². The van der Waals surface area contributed by atoms with E-state index in [-0.39, 0.29) is 0 Å². The number of nitrogens with zero attached hydrogens (tertiary/aromatic N) is 2. The number of hydrogen-bond donors (Lipinski definition) is 0. The lowest BCUT2D eigenvalue weighted by Crippen LogP contribution is -1.81. The molecule has 3 nitrogen and oxygen atoms in total. The molecule has 3 aromatic rings. The SMILES string of the molecule is Clc1ccc(-c2nc(-c3ccc(Br)cc3)no2)cc1. The Hall–Kier alpha value is -1.65. The van der Waals surface area contributed by atoms with Gasteiger partial charge in [-0.2, -0.15) is 4.98 Å². The Kier molecular flexibility index (Phi) is 3.36. The molecular weight excluding hydrogens is 328 g/mol. The molecule has 0 aliphatic heterocycles. The molecule has 0 atom stereocenters.